The Morgan fingerprint density at radius 3 is 2.42 bits per heavy atom. The first kappa shape index (κ1) is 16.4. The second-order valence-corrected chi connectivity index (χ2v) is 6.35. The summed E-state index contributed by atoms with van der Waals surface area (Å²) < 4.78 is 0. The van der Waals surface area contributed by atoms with Crippen LogP contribution in [-0.4, -0.2) is 15.1 Å². The summed E-state index contributed by atoms with van der Waals surface area (Å²) in [4.78, 5) is 8.77. The summed E-state index contributed by atoms with van der Waals surface area (Å²) in [6.45, 7) is 0. The SMILES string of the molecule is Oc1ccc2ncccc2c1[C@@H](Nc1ccccn1)c1ccc(Cl)cc1. The fraction of sp³-hybridized carbons (Fsp3) is 0.0476. The van der Waals surface area contributed by atoms with Crippen LogP contribution in [0.5, 0.6) is 5.75 Å². The molecule has 0 saturated heterocycles. The maximum atomic E-state index is 10.7. The zero-order valence-electron chi connectivity index (χ0n) is 13.8. The average Bonchev–Trinajstić information content (AvgIpc) is 2.68. The van der Waals surface area contributed by atoms with Crippen molar-refractivity contribution in [2.45, 2.75) is 6.04 Å². The second-order valence-electron chi connectivity index (χ2n) is 5.91. The molecule has 4 rings (SSSR count). The summed E-state index contributed by atoms with van der Waals surface area (Å²) in [7, 11) is 0. The van der Waals surface area contributed by atoms with Gasteiger partial charge in [0.05, 0.1) is 11.6 Å². The van der Waals surface area contributed by atoms with Crippen LogP contribution in [0.3, 0.4) is 0 Å². The Labute approximate surface area is 156 Å². The van der Waals surface area contributed by atoms with Crippen LogP contribution in [0.15, 0.2) is 79.1 Å². The molecule has 26 heavy (non-hydrogen) atoms. The molecule has 0 fully saturated rings. The first-order valence-electron chi connectivity index (χ1n) is 8.22. The molecule has 0 saturated carbocycles. The molecule has 5 heteroatoms. The standard InChI is InChI=1S/C21H16ClN3O/c22-15-8-6-14(7-9-15)21(25-19-5-1-2-12-24-19)20-16-4-3-13-23-17(16)10-11-18(20)26/h1-13,21,26H,(H,24,25)/t21-/m0/s1. The van der Waals surface area contributed by atoms with Gasteiger partial charge in [-0.25, -0.2) is 4.98 Å². The number of aromatic hydroxyl groups is 1. The number of anilines is 1. The number of aromatic nitrogens is 2. The number of fused-ring (bicyclic) bond motifs is 1. The van der Waals surface area contributed by atoms with Gasteiger partial charge in [-0.2, -0.15) is 0 Å². The molecule has 0 spiro atoms. The molecule has 0 unspecified atom stereocenters. The predicted molar refractivity (Wildman–Crippen MR) is 105 cm³/mol. The lowest BCUT2D eigenvalue weighted by molar-refractivity contribution is 0.468. The van der Waals surface area contributed by atoms with Crippen LogP contribution >= 0.6 is 11.6 Å². The van der Waals surface area contributed by atoms with E-state index in [0.29, 0.717) is 10.8 Å². The molecule has 2 N–H and O–H groups in total. The Hall–Kier alpha value is -3.11. The minimum absolute atomic E-state index is 0.203. The van der Waals surface area contributed by atoms with Crippen molar-refractivity contribution < 1.29 is 5.11 Å². The Bertz CT molecular complexity index is 1040. The number of nitrogens with one attached hydrogen (secondary N) is 1. The normalized spacial score (nSPS) is 12.0. The van der Waals surface area contributed by atoms with Crippen molar-refractivity contribution in [1.29, 1.82) is 0 Å². The Morgan fingerprint density at radius 1 is 0.846 bits per heavy atom. The van der Waals surface area contributed by atoms with Crippen LogP contribution < -0.4 is 5.32 Å². The molecule has 0 amide bonds. The lowest BCUT2D eigenvalue weighted by atomic mass is 9.94. The monoisotopic (exact) mass is 361 g/mol. The van der Waals surface area contributed by atoms with E-state index in [-0.39, 0.29) is 11.8 Å². The number of nitrogens with zero attached hydrogens (tertiary/aromatic N) is 2. The van der Waals surface area contributed by atoms with Crippen molar-refractivity contribution in [2.24, 2.45) is 0 Å². The number of phenolic OH excluding ortho intramolecular Hbond substituents is 1. The van der Waals surface area contributed by atoms with E-state index < -0.39 is 0 Å². The van der Waals surface area contributed by atoms with E-state index in [9.17, 15) is 5.11 Å². The molecule has 2 aromatic carbocycles. The molecule has 0 radical (unpaired) electrons. The molecule has 0 bridgehead atoms. The van der Waals surface area contributed by atoms with E-state index in [2.05, 4.69) is 15.3 Å². The number of hydrogen-bond donors (Lipinski definition) is 2. The van der Waals surface area contributed by atoms with Crippen LogP contribution in [0.4, 0.5) is 5.82 Å². The summed E-state index contributed by atoms with van der Waals surface area (Å²) in [5.41, 5.74) is 2.54. The maximum absolute atomic E-state index is 10.7. The maximum Gasteiger partial charge on any atom is 0.126 e. The highest BCUT2D eigenvalue weighted by atomic mass is 35.5. The molecule has 4 aromatic rings. The highest BCUT2D eigenvalue weighted by Gasteiger charge is 2.21. The van der Waals surface area contributed by atoms with Gasteiger partial charge in [-0.15, -0.1) is 0 Å². The first-order chi connectivity index (χ1) is 12.7. The third kappa shape index (κ3) is 3.19. The van der Waals surface area contributed by atoms with E-state index >= 15 is 0 Å². The van der Waals surface area contributed by atoms with E-state index in [0.717, 1.165) is 22.0 Å². The van der Waals surface area contributed by atoms with Gasteiger partial charge in [0.2, 0.25) is 0 Å². The number of pyridine rings is 2. The van der Waals surface area contributed by atoms with Gasteiger partial charge in [-0.3, -0.25) is 4.98 Å². The van der Waals surface area contributed by atoms with Gasteiger partial charge in [-0.05, 0) is 48.0 Å². The molecule has 0 aliphatic carbocycles. The molecule has 1 atom stereocenters. The van der Waals surface area contributed by atoms with Crippen LogP contribution in [-0.2, 0) is 0 Å². The molecular weight excluding hydrogens is 346 g/mol. The quantitative estimate of drug-likeness (QED) is 0.525. The summed E-state index contributed by atoms with van der Waals surface area (Å²) in [6, 6.07) is 20.2. The number of rotatable bonds is 4. The van der Waals surface area contributed by atoms with Crippen LogP contribution in [0, 0.1) is 0 Å². The smallest absolute Gasteiger partial charge is 0.126 e. The highest BCUT2D eigenvalue weighted by molar-refractivity contribution is 6.30. The third-order valence-electron chi connectivity index (χ3n) is 4.25. The third-order valence-corrected chi connectivity index (χ3v) is 4.50. The number of hydrogen-bond acceptors (Lipinski definition) is 4. The Kier molecular flexibility index (Phi) is 4.42. The van der Waals surface area contributed by atoms with Crippen LogP contribution in [0.1, 0.15) is 17.2 Å². The summed E-state index contributed by atoms with van der Waals surface area (Å²) in [5, 5.41) is 15.6. The highest BCUT2D eigenvalue weighted by Crippen LogP contribution is 2.37. The predicted octanol–water partition coefficient (Wildman–Crippen LogP) is 5.19. The zero-order chi connectivity index (χ0) is 17.9. The number of benzene rings is 2. The number of halogens is 1. The summed E-state index contributed by atoms with van der Waals surface area (Å²) >= 11 is 6.06. The fourth-order valence-electron chi connectivity index (χ4n) is 3.04. The largest absolute Gasteiger partial charge is 0.508 e. The lowest BCUT2D eigenvalue weighted by Crippen LogP contribution is -2.14. The Balaban J connectivity index is 1.91. The van der Waals surface area contributed by atoms with E-state index in [1.807, 2.05) is 60.7 Å². The van der Waals surface area contributed by atoms with Crippen LogP contribution in [0.2, 0.25) is 5.02 Å². The van der Waals surface area contributed by atoms with E-state index in [4.69, 9.17) is 11.6 Å². The zero-order valence-corrected chi connectivity index (χ0v) is 14.6. The van der Waals surface area contributed by atoms with Crippen molar-refractivity contribution in [2.75, 3.05) is 5.32 Å². The van der Waals surface area contributed by atoms with Gasteiger partial charge in [-0.1, -0.05) is 35.9 Å². The van der Waals surface area contributed by atoms with E-state index in [1.54, 1.807) is 18.5 Å². The van der Waals surface area contributed by atoms with Crippen molar-refractivity contribution in [3.63, 3.8) is 0 Å². The van der Waals surface area contributed by atoms with Crippen molar-refractivity contribution in [3.05, 3.63) is 95.3 Å². The molecule has 0 aliphatic rings. The van der Waals surface area contributed by atoms with Gasteiger partial charge < -0.3 is 10.4 Å². The Morgan fingerprint density at radius 2 is 1.65 bits per heavy atom. The molecular formula is C21H16ClN3O. The van der Waals surface area contributed by atoms with Crippen molar-refractivity contribution >= 4 is 28.3 Å². The minimum Gasteiger partial charge on any atom is -0.508 e. The summed E-state index contributed by atoms with van der Waals surface area (Å²) in [6.07, 6.45) is 3.47. The summed E-state index contributed by atoms with van der Waals surface area (Å²) in [5.74, 6) is 0.918. The average molecular weight is 362 g/mol. The number of phenols is 1. The minimum atomic E-state index is -0.310. The lowest BCUT2D eigenvalue weighted by Gasteiger charge is -2.23. The topological polar surface area (TPSA) is 58.0 Å². The fourth-order valence-corrected chi connectivity index (χ4v) is 3.17. The molecule has 128 valence electrons. The van der Waals surface area contributed by atoms with Gasteiger partial charge in [0, 0.05) is 28.4 Å². The first-order valence-corrected chi connectivity index (χ1v) is 8.60. The van der Waals surface area contributed by atoms with Crippen LogP contribution in [0.25, 0.3) is 10.9 Å². The van der Waals surface area contributed by atoms with Crippen molar-refractivity contribution in [1.82, 2.24) is 9.97 Å². The van der Waals surface area contributed by atoms with Crippen molar-refractivity contribution in [3.8, 4) is 5.75 Å². The van der Waals surface area contributed by atoms with Gasteiger partial charge in [0.25, 0.3) is 0 Å². The molecule has 2 aromatic heterocycles. The van der Waals surface area contributed by atoms with E-state index in [1.165, 1.54) is 0 Å². The molecule has 0 aliphatic heterocycles. The molecule has 4 nitrogen and oxygen atoms in total. The van der Waals surface area contributed by atoms with Gasteiger partial charge in [0.1, 0.15) is 11.6 Å². The van der Waals surface area contributed by atoms with Gasteiger partial charge in [0.15, 0.2) is 0 Å². The van der Waals surface area contributed by atoms with Gasteiger partial charge >= 0.3 is 0 Å². The molecule has 2 heterocycles. The second kappa shape index (κ2) is 7.02.